The molecule has 0 aromatic carbocycles. The van der Waals surface area contributed by atoms with Crippen LogP contribution in [0.5, 0.6) is 0 Å². The van der Waals surface area contributed by atoms with E-state index in [1.165, 1.54) is 0 Å². The Morgan fingerprint density at radius 2 is 2.22 bits per heavy atom. The summed E-state index contributed by atoms with van der Waals surface area (Å²) in [7, 11) is 0. The first-order valence-corrected chi connectivity index (χ1v) is 6.65. The Morgan fingerprint density at radius 1 is 1.44 bits per heavy atom. The summed E-state index contributed by atoms with van der Waals surface area (Å²) < 4.78 is 4.04. The molecule has 2 fully saturated rings. The van der Waals surface area contributed by atoms with E-state index in [1.54, 1.807) is 0 Å². The number of aryl methyl sites for hydroxylation is 1. The van der Waals surface area contributed by atoms with E-state index in [0.717, 1.165) is 23.8 Å². The lowest BCUT2D eigenvalue weighted by Gasteiger charge is -2.17. The number of hydrogen-bond donors (Lipinski definition) is 0. The standard InChI is InChI=1S/C11H8Cl3N3O/c1-5-2-3-6(18-5)4-10-8-15-7(11(12,13)14)16-9(10)17(8)10/h2-3,8H,4H2,1H3. The summed E-state index contributed by atoms with van der Waals surface area (Å²) in [5.41, 5.74) is -0.0797. The number of furan rings is 1. The van der Waals surface area contributed by atoms with Crippen LogP contribution in [-0.4, -0.2) is 32.1 Å². The molecule has 2 unspecified atom stereocenters. The monoisotopic (exact) mass is 303 g/mol. The Bertz CT molecular complexity index is 615. The summed E-state index contributed by atoms with van der Waals surface area (Å²) in [4.78, 5) is 10.8. The number of rotatable bonds is 2. The summed E-state index contributed by atoms with van der Waals surface area (Å²) in [5, 5.41) is 0. The lowest BCUT2D eigenvalue weighted by atomic mass is 10.0. The van der Waals surface area contributed by atoms with E-state index in [9.17, 15) is 0 Å². The molecule has 0 spiro atoms. The van der Waals surface area contributed by atoms with Crippen LogP contribution in [0.4, 0.5) is 0 Å². The van der Waals surface area contributed by atoms with Crippen molar-refractivity contribution in [2.24, 2.45) is 9.98 Å². The molecule has 94 valence electrons. The Balaban J connectivity index is 1.57. The van der Waals surface area contributed by atoms with E-state index in [2.05, 4.69) is 14.9 Å². The molecule has 2 saturated heterocycles. The molecule has 3 aliphatic heterocycles. The highest BCUT2D eigenvalue weighted by molar-refractivity contribution is 6.77. The Labute approximate surface area is 118 Å². The van der Waals surface area contributed by atoms with Crippen molar-refractivity contribution < 1.29 is 4.42 Å². The van der Waals surface area contributed by atoms with Crippen molar-refractivity contribution >= 4 is 46.5 Å². The summed E-state index contributed by atoms with van der Waals surface area (Å²) in [5.74, 6) is 3.09. The van der Waals surface area contributed by atoms with Crippen LogP contribution in [0.1, 0.15) is 11.5 Å². The average Bonchev–Trinajstić information content (AvgIpc) is 3.07. The third-order valence-electron chi connectivity index (χ3n) is 3.55. The third kappa shape index (κ3) is 1.29. The van der Waals surface area contributed by atoms with Crippen LogP contribution in [-0.2, 0) is 6.42 Å². The first kappa shape index (κ1) is 11.1. The van der Waals surface area contributed by atoms with Gasteiger partial charge in [0.05, 0.1) is 0 Å². The van der Waals surface area contributed by atoms with Gasteiger partial charge in [-0.1, -0.05) is 34.8 Å². The highest BCUT2D eigenvalue weighted by Gasteiger charge is 2.86. The van der Waals surface area contributed by atoms with Crippen molar-refractivity contribution in [2.75, 3.05) is 0 Å². The summed E-state index contributed by atoms with van der Waals surface area (Å²) >= 11 is 17.3. The zero-order valence-corrected chi connectivity index (χ0v) is 11.6. The third-order valence-corrected chi connectivity index (χ3v) is 4.06. The van der Waals surface area contributed by atoms with Gasteiger partial charge in [-0.25, -0.2) is 9.98 Å². The van der Waals surface area contributed by atoms with Crippen molar-refractivity contribution in [2.45, 2.75) is 28.8 Å². The molecule has 0 amide bonds. The second kappa shape index (κ2) is 3.06. The van der Waals surface area contributed by atoms with Crippen molar-refractivity contribution in [1.29, 1.82) is 0 Å². The van der Waals surface area contributed by atoms with Crippen LogP contribution in [0.25, 0.3) is 0 Å². The molecule has 18 heavy (non-hydrogen) atoms. The van der Waals surface area contributed by atoms with E-state index in [0.29, 0.717) is 0 Å². The maximum atomic E-state index is 5.77. The molecule has 1 aromatic heterocycles. The van der Waals surface area contributed by atoms with Gasteiger partial charge in [-0.3, -0.25) is 0 Å². The van der Waals surface area contributed by atoms with Gasteiger partial charge < -0.3 is 9.32 Å². The zero-order valence-electron chi connectivity index (χ0n) is 9.32. The fourth-order valence-corrected chi connectivity index (χ4v) is 2.85. The molecule has 7 heteroatoms. The quantitative estimate of drug-likeness (QED) is 0.622. The molecule has 3 aliphatic rings. The zero-order chi connectivity index (χ0) is 12.7. The number of aliphatic imine (C=N–C) groups is 2. The predicted molar refractivity (Wildman–Crippen MR) is 70.7 cm³/mol. The fraction of sp³-hybridized carbons (Fsp3) is 0.455. The topological polar surface area (TPSA) is 40.9 Å². The van der Waals surface area contributed by atoms with Gasteiger partial charge in [-0.05, 0) is 19.1 Å². The largest absolute Gasteiger partial charge is 0.466 e. The van der Waals surface area contributed by atoms with Crippen LogP contribution >= 0.6 is 34.8 Å². The SMILES string of the molecule is Cc1ccc(CC23C4=NC(C(Cl)(Cl)Cl)=NC2N43)o1. The Morgan fingerprint density at radius 3 is 2.72 bits per heavy atom. The molecule has 0 saturated carbocycles. The minimum absolute atomic E-state index is 0.0704. The molecule has 0 bridgehead atoms. The Kier molecular flexibility index (Phi) is 1.89. The maximum absolute atomic E-state index is 5.77. The van der Waals surface area contributed by atoms with Gasteiger partial charge in [0.15, 0.2) is 12.0 Å². The molecular weight excluding hydrogens is 297 g/mol. The van der Waals surface area contributed by atoms with Gasteiger partial charge in [0.25, 0.3) is 0 Å². The molecule has 0 radical (unpaired) electrons. The lowest BCUT2D eigenvalue weighted by Crippen LogP contribution is -2.32. The van der Waals surface area contributed by atoms with E-state index in [-0.39, 0.29) is 17.5 Å². The normalized spacial score (nSPS) is 31.8. The van der Waals surface area contributed by atoms with Crippen LogP contribution in [0.3, 0.4) is 0 Å². The Hall–Kier alpha value is -0.710. The predicted octanol–water partition coefficient (Wildman–Crippen LogP) is 2.71. The molecule has 2 atom stereocenters. The van der Waals surface area contributed by atoms with Gasteiger partial charge in [0.2, 0.25) is 3.79 Å². The van der Waals surface area contributed by atoms with E-state index in [1.807, 2.05) is 19.1 Å². The van der Waals surface area contributed by atoms with Gasteiger partial charge >= 0.3 is 0 Å². The van der Waals surface area contributed by atoms with Crippen molar-refractivity contribution in [3.05, 3.63) is 23.7 Å². The molecule has 4 nitrogen and oxygen atoms in total. The number of fused-ring (bicyclic) bond motifs is 2. The molecular formula is C11H8Cl3N3O. The number of amidine groups is 2. The lowest BCUT2D eigenvalue weighted by molar-refractivity contribution is 0.476. The van der Waals surface area contributed by atoms with Gasteiger partial charge in [0, 0.05) is 6.42 Å². The smallest absolute Gasteiger partial charge is 0.249 e. The number of hydrogen-bond acceptors (Lipinski definition) is 4. The number of nitrogens with zero attached hydrogens (tertiary/aromatic N) is 3. The second-order valence-electron chi connectivity index (χ2n) is 4.74. The number of halogens is 3. The first-order valence-electron chi connectivity index (χ1n) is 5.52. The number of alkyl halides is 3. The average molecular weight is 305 g/mol. The van der Waals surface area contributed by atoms with Crippen LogP contribution in [0, 0.1) is 6.92 Å². The van der Waals surface area contributed by atoms with Crippen molar-refractivity contribution in [3.63, 3.8) is 0 Å². The fourth-order valence-electron chi connectivity index (χ4n) is 2.58. The van der Waals surface area contributed by atoms with E-state index in [4.69, 9.17) is 39.2 Å². The second-order valence-corrected chi connectivity index (χ2v) is 7.02. The van der Waals surface area contributed by atoms with Crippen molar-refractivity contribution in [3.8, 4) is 0 Å². The molecule has 4 heterocycles. The van der Waals surface area contributed by atoms with Gasteiger partial charge in [0.1, 0.15) is 22.9 Å². The van der Waals surface area contributed by atoms with Crippen molar-refractivity contribution in [1.82, 2.24) is 4.90 Å². The molecule has 4 rings (SSSR count). The van der Waals surface area contributed by atoms with E-state index < -0.39 is 3.79 Å². The van der Waals surface area contributed by atoms with E-state index >= 15 is 0 Å². The minimum atomic E-state index is -1.53. The van der Waals surface area contributed by atoms with Gasteiger partial charge in [-0.15, -0.1) is 0 Å². The first-order chi connectivity index (χ1) is 8.43. The summed E-state index contributed by atoms with van der Waals surface area (Å²) in [6, 6.07) is 3.93. The highest BCUT2D eigenvalue weighted by atomic mass is 35.6. The molecule has 0 N–H and O–H groups in total. The van der Waals surface area contributed by atoms with Crippen LogP contribution < -0.4 is 0 Å². The molecule has 1 aromatic rings. The minimum Gasteiger partial charge on any atom is -0.466 e. The van der Waals surface area contributed by atoms with Crippen LogP contribution in [0.2, 0.25) is 0 Å². The summed E-state index contributed by atoms with van der Waals surface area (Å²) in [6.45, 7) is 1.93. The highest BCUT2D eigenvalue weighted by Crippen LogP contribution is 2.64. The maximum Gasteiger partial charge on any atom is 0.249 e. The van der Waals surface area contributed by atoms with Crippen LogP contribution in [0.15, 0.2) is 26.5 Å². The van der Waals surface area contributed by atoms with Gasteiger partial charge in [-0.2, -0.15) is 0 Å². The molecule has 0 aliphatic carbocycles. The summed E-state index contributed by atoms with van der Waals surface area (Å²) in [6.07, 6.45) is 0.849.